The molecule has 0 fully saturated rings. The van der Waals surface area contributed by atoms with Crippen molar-refractivity contribution in [1.82, 2.24) is 29.5 Å². The van der Waals surface area contributed by atoms with Gasteiger partial charge in [0.2, 0.25) is 0 Å². The molecular formula is C21H22N8. The Bertz CT molecular complexity index is 1210. The molecule has 0 bridgehead atoms. The normalized spacial score (nSPS) is 11.3. The van der Waals surface area contributed by atoms with E-state index < -0.39 is 0 Å². The Labute approximate surface area is 168 Å². The summed E-state index contributed by atoms with van der Waals surface area (Å²) in [4.78, 5) is 8.99. The van der Waals surface area contributed by atoms with Crippen molar-refractivity contribution in [3.63, 3.8) is 0 Å². The molecule has 0 aliphatic carbocycles. The second-order valence-electron chi connectivity index (χ2n) is 7.54. The van der Waals surface area contributed by atoms with Crippen LogP contribution >= 0.6 is 0 Å². The van der Waals surface area contributed by atoms with E-state index in [-0.39, 0.29) is 6.04 Å². The van der Waals surface area contributed by atoms with Gasteiger partial charge in [-0.25, -0.2) is 14.6 Å². The first-order valence-electron chi connectivity index (χ1n) is 9.52. The maximum Gasteiger partial charge on any atom is 0.164 e. The largest absolute Gasteiger partial charge is 0.381 e. The highest BCUT2D eigenvalue weighted by molar-refractivity contribution is 5.77. The summed E-state index contributed by atoms with van der Waals surface area (Å²) >= 11 is 0. The van der Waals surface area contributed by atoms with Crippen LogP contribution < -0.4 is 5.32 Å². The van der Waals surface area contributed by atoms with Crippen LogP contribution in [0.2, 0.25) is 0 Å². The van der Waals surface area contributed by atoms with Crippen LogP contribution in [0.25, 0.3) is 22.5 Å². The Morgan fingerprint density at radius 2 is 1.83 bits per heavy atom. The van der Waals surface area contributed by atoms with Gasteiger partial charge in [-0.3, -0.25) is 0 Å². The summed E-state index contributed by atoms with van der Waals surface area (Å²) in [6.07, 6.45) is 8.93. The van der Waals surface area contributed by atoms with Gasteiger partial charge in [-0.15, -0.1) is 0 Å². The molecule has 4 rings (SSSR count). The third kappa shape index (κ3) is 3.55. The SMILES string of the molecule is CC(C)Nc1cc(-n2ncc3cc(C#N)cnc32)ncc1-n1cc(C(C)C)cn1. The van der Waals surface area contributed by atoms with Crippen LogP contribution in [-0.2, 0) is 0 Å². The van der Waals surface area contributed by atoms with E-state index in [0.29, 0.717) is 22.9 Å². The third-order valence-corrected chi connectivity index (χ3v) is 4.58. The van der Waals surface area contributed by atoms with Crippen molar-refractivity contribution in [3.8, 4) is 17.6 Å². The molecule has 0 radical (unpaired) electrons. The lowest BCUT2D eigenvalue weighted by molar-refractivity contribution is 0.829. The van der Waals surface area contributed by atoms with Gasteiger partial charge in [0, 0.05) is 29.9 Å². The van der Waals surface area contributed by atoms with Crippen molar-refractivity contribution >= 4 is 16.7 Å². The molecule has 0 spiro atoms. The van der Waals surface area contributed by atoms with Crippen LogP contribution in [0.1, 0.15) is 44.7 Å². The van der Waals surface area contributed by atoms with Gasteiger partial charge in [0.1, 0.15) is 11.8 Å². The van der Waals surface area contributed by atoms with Crippen molar-refractivity contribution in [1.29, 1.82) is 5.26 Å². The minimum Gasteiger partial charge on any atom is -0.381 e. The molecule has 146 valence electrons. The molecular weight excluding hydrogens is 364 g/mol. The van der Waals surface area contributed by atoms with Crippen LogP contribution in [0.5, 0.6) is 0 Å². The molecule has 1 N–H and O–H groups in total. The molecule has 8 nitrogen and oxygen atoms in total. The first kappa shape index (κ1) is 18.6. The number of hydrogen-bond acceptors (Lipinski definition) is 6. The maximum atomic E-state index is 9.07. The minimum absolute atomic E-state index is 0.231. The lowest BCUT2D eigenvalue weighted by Crippen LogP contribution is -2.14. The molecule has 0 aliphatic heterocycles. The van der Waals surface area contributed by atoms with Crippen LogP contribution in [0.15, 0.2) is 43.1 Å². The Morgan fingerprint density at radius 3 is 2.52 bits per heavy atom. The van der Waals surface area contributed by atoms with Gasteiger partial charge < -0.3 is 5.32 Å². The smallest absolute Gasteiger partial charge is 0.164 e. The number of anilines is 1. The van der Waals surface area contributed by atoms with E-state index in [1.54, 1.807) is 29.3 Å². The van der Waals surface area contributed by atoms with Gasteiger partial charge >= 0.3 is 0 Å². The lowest BCUT2D eigenvalue weighted by Gasteiger charge is -2.16. The number of nitrogens with one attached hydrogen (secondary N) is 1. The Hall–Kier alpha value is -3.73. The van der Waals surface area contributed by atoms with Gasteiger partial charge in [-0.2, -0.15) is 20.1 Å². The first-order valence-corrected chi connectivity index (χ1v) is 9.52. The molecule has 0 aliphatic rings. The van der Waals surface area contributed by atoms with E-state index >= 15 is 0 Å². The summed E-state index contributed by atoms with van der Waals surface area (Å²) in [6, 6.07) is 6.04. The summed E-state index contributed by atoms with van der Waals surface area (Å²) < 4.78 is 3.52. The third-order valence-electron chi connectivity index (χ3n) is 4.58. The average Bonchev–Trinajstić information content (AvgIpc) is 3.34. The number of rotatable bonds is 5. The van der Waals surface area contributed by atoms with E-state index in [9.17, 15) is 0 Å². The first-order chi connectivity index (χ1) is 14.0. The number of pyridine rings is 2. The molecule has 4 aromatic rings. The molecule has 4 heterocycles. The summed E-state index contributed by atoms with van der Waals surface area (Å²) in [6.45, 7) is 8.45. The minimum atomic E-state index is 0.231. The van der Waals surface area contributed by atoms with E-state index in [1.165, 1.54) is 5.56 Å². The van der Waals surface area contributed by atoms with Crippen LogP contribution in [0.3, 0.4) is 0 Å². The highest BCUT2D eigenvalue weighted by atomic mass is 15.3. The van der Waals surface area contributed by atoms with E-state index in [4.69, 9.17) is 5.26 Å². The van der Waals surface area contributed by atoms with Crippen molar-refractivity contribution in [2.24, 2.45) is 0 Å². The van der Waals surface area contributed by atoms with Crippen molar-refractivity contribution in [3.05, 3.63) is 54.2 Å². The van der Waals surface area contributed by atoms with Gasteiger partial charge in [-0.1, -0.05) is 13.8 Å². The van der Waals surface area contributed by atoms with E-state index in [2.05, 4.69) is 59.2 Å². The molecule has 0 unspecified atom stereocenters. The predicted molar refractivity (Wildman–Crippen MR) is 111 cm³/mol. The molecule has 29 heavy (non-hydrogen) atoms. The highest BCUT2D eigenvalue weighted by Gasteiger charge is 2.14. The quantitative estimate of drug-likeness (QED) is 0.560. The van der Waals surface area contributed by atoms with Crippen LogP contribution in [0.4, 0.5) is 5.69 Å². The topological polar surface area (TPSA) is 97.2 Å². The number of nitrogens with zero attached hydrogens (tertiary/aromatic N) is 7. The summed E-state index contributed by atoms with van der Waals surface area (Å²) in [5, 5.41) is 22.3. The molecule has 0 amide bonds. The van der Waals surface area contributed by atoms with Crippen LogP contribution in [-0.4, -0.2) is 35.6 Å². The van der Waals surface area contributed by atoms with Crippen molar-refractivity contribution in [2.45, 2.75) is 39.7 Å². The zero-order valence-electron chi connectivity index (χ0n) is 16.8. The Morgan fingerprint density at radius 1 is 1.00 bits per heavy atom. The standard InChI is InChI=1S/C21H22N8/c1-13(2)17-10-25-28(12-17)19-11-23-20(6-18(19)27-14(3)4)29-21-16(9-26-29)5-15(7-22)8-24-21/h5-6,8-14H,1-4H3,(H,23,27). The number of fused-ring (bicyclic) bond motifs is 1. The van der Waals surface area contributed by atoms with Gasteiger partial charge in [0.05, 0.1) is 29.8 Å². The molecule has 4 aromatic heterocycles. The second kappa shape index (κ2) is 7.36. The van der Waals surface area contributed by atoms with Crippen LogP contribution in [0, 0.1) is 11.3 Å². The maximum absolute atomic E-state index is 9.07. The summed E-state index contributed by atoms with van der Waals surface area (Å²) in [7, 11) is 0. The molecule has 0 saturated carbocycles. The van der Waals surface area contributed by atoms with Crippen molar-refractivity contribution < 1.29 is 0 Å². The Kier molecular flexibility index (Phi) is 4.72. The van der Waals surface area contributed by atoms with E-state index in [1.807, 2.05) is 23.1 Å². The molecule has 0 aromatic carbocycles. The lowest BCUT2D eigenvalue weighted by atomic mass is 10.1. The zero-order valence-corrected chi connectivity index (χ0v) is 16.8. The fraction of sp³-hybridized carbons (Fsp3) is 0.286. The second-order valence-corrected chi connectivity index (χ2v) is 7.54. The number of aromatic nitrogens is 6. The van der Waals surface area contributed by atoms with Crippen molar-refractivity contribution in [2.75, 3.05) is 5.32 Å². The monoisotopic (exact) mass is 386 g/mol. The molecule has 0 atom stereocenters. The highest BCUT2D eigenvalue weighted by Crippen LogP contribution is 2.25. The van der Waals surface area contributed by atoms with E-state index in [0.717, 1.165) is 16.8 Å². The van der Waals surface area contributed by atoms with Gasteiger partial charge in [0.25, 0.3) is 0 Å². The summed E-state index contributed by atoms with van der Waals surface area (Å²) in [5.41, 5.74) is 4.09. The fourth-order valence-corrected chi connectivity index (χ4v) is 3.08. The predicted octanol–water partition coefficient (Wildman–Crippen LogP) is 3.82. The fourth-order valence-electron chi connectivity index (χ4n) is 3.08. The van der Waals surface area contributed by atoms with Gasteiger partial charge in [0.15, 0.2) is 11.5 Å². The average molecular weight is 386 g/mol. The van der Waals surface area contributed by atoms with Gasteiger partial charge in [-0.05, 0) is 31.4 Å². The Balaban J connectivity index is 1.81. The number of nitriles is 1. The summed E-state index contributed by atoms with van der Waals surface area (Å²) in [5.74, 6) is 1.04. The zero-order chi connectivity index (χ0) is 20.5. The molecule has 8 heteroatoms. The number of hydrogen-bond donors (Lipinski definition) is 1. The molecule has 0 saturated heterocycles.